The fourth-order valence-electron chi connectivity index (χ4n) is 2.06. The van der Waals surface area contributed by atoms with Crippen LogP contribution in [-0.4, -0.2) is 20.7 Å². The highest BCUT2D eigenvalue weighted by atomic mass is 16.2. The molecule has 0 radical (unpaired) electrons. The number of nitrogens with zero attached hydrogens (tertiary/aromatic N) is 3. The normalized spacial score (nSPS) is 10.3. The molecule has 0 bridgehead atoms. The number of hydrogen-bond donors (Lipinski definition) is 1. The second kappa shape index (κ2) is 6.65. The van der Waals surface area contributed by atoms with Crippen LogP contribution in [0.25, 0.3) is 0 Å². The van der Waals surface area contributed by atoms with Gasteiger partial charge in [-0.2, -0.15) is 5.10 Å². The van der Waals surface area contributed by atoms with Gasteiger partial charge in [0, 0.05) is 24.1 Å². The van der Waals surface area contributed by atoms with Crippen molar-refractivity contribution in [3.8, 4) is 0 Å². The first-order valence-electron chi connectivity index (χ1n) is 7.06. The first kappa shape index (κ1) is 14.6. The first-order chi connectivity index (χ1) is 11.2. The summed E-state index contributed by atoms with van der Waals surface area (Å²) in [6, 6.07) is 15.5. The third kappa shape index (κ3) is 3.68. The van der Waals surface area contributed by atoms with Gasteiger partial charge in [-0.15, -0.1) is 0 Å². The smallest absolute Gasteiger partial charge is 0.276 e. The molecule has 0 aliphatic heterocycles. The van der Waals surface area contributed by atoms with Gasteiger partial charge in [0.25, 0.3) is 11.5 Å². The molecule has 0 unspecified atom stereocenters. The van der Waals surface area contributed by atoms with Crippen LogP contribution >= 0.6 is 0 Å². The SMILES string of the molecule is O=C(Nc1ccccc1)c1ccc(=O)n(Cc2cccnc2)n1. The summed E-state index contributed by atoms with van der Waals surface area (Å²) < 4.78 is 1.25. The Labute approximate surface area is 132 Å². The summed E-state index contributed by atoms with van der Waals surface area (Å²) >= 11 is 0. The highest BCUT2D eigenvalue weighted by Crippen LogP contribution is 2.07. The predicted molar refractivity (Wildman–Crippen MR) is 86.2 cm³/mol. The number of amides is 1. The zero-order valence-corrected chi connectivity index (χ0v) is 12.2. The monoisotopic (exact) mass is 306 g/mol. The molecule has 0 fully saturated rings. The van der Waals surface area contributed by atoms with E-state index in [1.54, 1.807) is 30.6 Å². The summed E-state index contributed by atoms with van der Waals surface area (Å²) in [5, 5.41) is 6.87. The number of benzene rings is 1. The van der Waals surface area contributed by atoms with E-state index in [1.165, 1.54) is 16.8 Å². The Morgan fingerprint density at radius 3 is 2.61 bits per heavy atom. The van der Waals surface area contributed by atoms with Gasteiger partial charge in [0.2, 0.25) is 0 Å². The van der Waals surface area contributed by atoms with Gasteiger partial charge in [-0.05, 0) is 29.8 Å². The molecule has 1 N–H and O–H groups in total. The number of anilines is 1. The number of carbonyl (C=O) groups is 1. The number of aromatic nitrogens is 3. The molecule has 0 aliphatic carbocycles. The fraction of sp³-hybridized carbons (Fsp3) is 0.0588. The summed E-state index contributed by atoms with van der Waals surface area (Å²) in [5.74, 6) is -0.365. The number of nitrogens with one attached hydrogen (secondary N) is 1. The quantitative estimate of drug-likeness (QED) is 0.799. The Balaban J connectivity index is 1.82. The van der Waals surface area contributed by atoms with E-state index >= 15 is 0 Å². The Bertz CT molecular complexity index is 861. The maximum absolute atomic E-state index is 12.2. The Morgan fingerprint density at radius 2 is 1.87 bits per heavy atom. The van der Waals surface area contributed by atoms with Gasteiger partial charge in [-0.1, -0.05) is 24.3 Å². The molecule has 2 aromatic heterocycles. The molecule has 0 spiro atoms. The van der Waals surface area contributed by atoms with E-state index in [0.717, 1.165) is 5.56 Å². The summed E-state index contributed by atoms with van der Waals surface area (Å²) in [5.41, 5.74) is 1.41. The molecule has 0 atom stereocenters. The molecule has 3 rings (SSSR count). The van der Waals surface area contributed by atoms with Gasteiger partial charge >= 0.3 is 0 Å². The van der Waals surface area contributed by atoms with Crippen molar-refractivity contribution in [2.45, 2.75) is 6.54 Å². The van der Waals surface area contributed by atoms with Gasteiger partial charge in [-0.3, -0.25) is 14.6 Å². The Kier molecular flexibility index (Phi) is 4.24. The van der Waals surface area contributed by atoms with Crippen LogP contribution in [-0.2, 0) is 6.54 Å². The standard InChI is InChI=1S/C17H14N4O2/c22-16-9-8-15(17(23)19-14-6-2-1-3-7-14)20-21(16)12-13-5-4-10-18-11-13/h1-11H,12H2,(H,19,23). The minimum absolute atomic E-state index is 0.178. The predicted octanol–water partition coefficient (Wildman–Crippen LogP) is 1.94. The van der Waals surface area contributed by atoms with E-state index in [2.05, 4.69) is 15.4 Å². The molecule has 23 heavy (non-hydrogen) atoms. The van der Waals surface area contributed by atoms with Crippen LogP contribution in [0.3, 0.4) is 0 Å². The molecule has 3 aromatic rings. The van der Waals surface area contributed by atoms with E-state index < -0.39 is 0 Å². The molecule has 0 saturated heterocycles. The summed E-state index contributed by atoms with van der Waals surface area (Å²) in [7, 11) is 0. The zero-order chi connectivity index (χ0) is 16.1. The van der Waals surface area contributed by atoms with Crippen LogP contribution in [0.2, 0.25) is 0 Å². The molecule has 0 aliphatic rings. The highest BCUT2D eigenvalue weighted by molar-refractivity contribution is 6.02. The maximum Gasteiger partial charge on any atom is 0.276 e. The first-order valence-corrected chi connectivity index (χ1v) is 7.06. The lowest BCUT2D eigenvalue weighted by Crippen LogP contribution is -2.26. The van der Waals surface area contributed by atoms with E-state index in [4.69, 9.17) is 0 Å². The molecule has 114 valence electrons. The van der Waals surface area contributed by atoms with Crippen molar-refractivity contribution in [2.24, 2.45) is 0 Å². The summed E-state index contributed by atoms with van der Waals surface area (Å²) in [6.07, 6.45) is 3.31. The van der Waals surface area contributed by atoms with E-state index in [9.17, 15) is 9.59 Å². The van der Waals surface area contributed by atoms with Gasteiger partial charge in [0.15, 0.2) is 0 Å². The summed E-state index contributed by atoms with van der Waals surface area (Å²) in [4.78, 5) is 28.1. The Morgan fingerprint density at radius 1 is 1.04 bits per heavy atom. The molecule has 2 heterocycles. The minimum Gasteiger partial charge on any atom is -0.321 e. The van der Waals surface area contributed by atoms with Crippen molar-refractivity contribution in [2.75, 3.05) is 5.32 Å². The van der Waals surface area contributed by atoms with Crippen LogP contribution in [0.5, 0.6) is 0 Å². The van der Waals surface area contributed by atoms with Gasteiger partial charge in [0.05, 0.1) is 6.54 Å². The highest BCUT2D eigenvalue weighted by Gasteiger charge is 2.10. The van der Waals surface area contributed by atoms with Crippen molar-refractivity contribution in [1.82, 2.24) is 14.8 Å². The van der Waals surface area contributed by atoms with Crippen LogP contribution in [0.4, 0.5) is 5.69 Å². The lowest BCUT2D eigenvalue weighted by molar-refractivity contribution is 0.102. The number of carbonyl (C=O) groups excluding carboxylic acids is 1. The minimum atomic E-state index is -0.365. The molecular weight excluding hydrogens is 292 g/mol. The van der Waals surface area contributed by atoms with Crippen LogP contribution in [0, 0.1) is 0 Å². The number of hydrogen-bond acceptors (Lipinski definition) is 4. The molecular formula is C17H14N4O2. The molecule has 1 amide bonds. The third-order valence-electron chi connectivity index (χ3n) is 3.19. The van der Waals surface area contributed by atoms with Crippen molar-refractivity contribution < 1.29 is 4.79 Å². The van der Waals surface area contributed by atoms with Gasteiger partial charge in [0.1, 0.15) is 5.69 Å². The zero-order valence-electron chi connectivity index (χ0n) is 12.2. The van der Waals surface area contributed by atoms with Crippen LogP contribution < -0.4 is 10.9 Å². The second-order valence-corrected chi connectivity index (χ2v) is 4.90. The van der Waals surface area contributed by atoms with E-state index in [0.29, 0.717) is 5.69 Å². The largest absolute Gasteiger partial charge is 0.321 e. The average molecular weight is 306 g/mol. The van der Waals surface area contributed by atoms with Gasteiger partial charge < -0.3 is 5.32 Å². The maximum atomic E-state index is 12.2. The summed E-state index contributed by atoms with van der Waals surface area (Å²) in [6.45, 7) is 0.263. The Hall–Kier alpha value is -3.28. The average Bonchev–Trinajstić information content (AvgIpc) is 2.58. The lowest BCUT2D eigenvalue weighted by atomic mass is 10.3. The second-order valence-electron chi connectivity index (χ2n) is 4.90. The molecule has 1 aromatic carbocycles. The molecule has 6 nitrogen and oxygen atoms in total. The topological polar surface area (TPSA) is 76.9 Å². The van der Waals surface area contributed by atoms with E-state index in [-0.39, 0.29) is 23.7 Å². The van der Waals surface area contributed by atoms with Crippen LogP contribution in [0.15, 0.2) is 71.8 Å². The fourth-order valence-corrected chi connectivity index (χ4v) is 2.06. The van der Waals surface area contributed by atoms with Crippen molar-refractivity contribution in [1.29, 1.82) is 0 Å². The number of para-hydroxylation sites is 1. The van der Waals surface area contributed by atoms with E-state index in [1.807, 2.05) is 24.3 Å². The number of pyridine rings is 1. The third-order valence-corrected chi connectivity index (χ3v) is 3.19. The molecule has 6 heteroatoms. The number of rotatable bonds is 4. The van der Waals surface area contributed by atoms with Crippen molar-refractivity contribution in [3.05, 3.63) is 88.6 Å². The van der Waals surface area contributed by atoms with Crippen LogP contribution in [0.1, 0.15) is 16.1 Å². The molecule has 0 saturated carbocycles. The van der Waals surface area contributed by atoms with Gasteiger partial charge in [-0.25, -0.2) is 4.68 Å². The van der Waals surface area contributed by atoms with Crippen molar-refractivity contribution >= 4 is 11.6 Å². The van der Waals surface area contributed by atoms with Crippen molar-refractivity contribution in [3.63, 3.8) is 0 Å². The lowest BCUT2D eigenvalue weighted by Gasteiger charge is -2.07.